The van der Waals surface area contributed by atoms with E-state index in [4.69, 9.17) is 4.74 Å². The third-order valence-corrected chi connectivity index (χ3v) is 6.01. The smallest absolute Gasteiger partial charge is 0.311 e. The van der Waals surface area contributed by atoms with E-state index in [1.807, 2.05) is 54.6 Å². The topological polar surface area (TPSA) is 75.7 Å². The van der Waals surface area contributed by atoms with Crippen LogP contribution in [-0.4, -0.2) is 42.4 Å². The third-order valence-electron chi connectivity index (χ3n) is 6.01. The van der Waals surface area contributed by atoms with Crippen LogP contribution in [0.1, 0.15) is 34.3 Å². The number of benzene rings is 3. The summed E-state index contributed by atoms with van der Waals surface area (Å²) in [7, 11) is 0. The molecule has 0 aromatic heterocycles. The van der Waals surface area contributed by atoms with E-state index in [2.05, 4.69) is 5.32 Å². The number of piperidine rings is 1. The molecule has 1 atom stereocenters. The lowest BCUT2D eigenvalue weighted by molar-refractivity contribution is -0.152. The highest BCUT2D eigenvalue weighted by Gasteiger charge is 2.30. The largest absolute Gasteiger partial charge is 0.455 e. The highest BCUT2D eigenvalue weighted by molar-refractivity contribution is 5.95. The number of hydrogen-bond donors (Lipinski definition) is 1. The van der Waals surface area contributed by atoms with Crippen molar-refractivity contribution in [1.82, 2.24) is 4.90 Å². The first kappa shape index (κ1) is 24.1. The van der Waals surface area contributed by atoms with Crippen LogP contribution in [0.15, 0.2) is 78.9 Å². The maximum absolute atomic E-state index is 13.1. The first-order valence-corrected chi connectivity index (χ1v) is 11.6. The summed E-state index contributed by atoms with van der Waals surface area (Å²) < 4.78 is 18.4. The maximum Gasteiger partial charge on any atom is 0.311 e. The fourth-order valence-electron chi connectivity index (χ4n) is 4.18. The van der Waals surface area contributed by atoms with Crippen molar-refractivity contribution >= 4 is 23.5 Å². The maximum atomic E-state index is 13.1. The Hall–Kier alpha value is -4.00. The molecule has 0 saturated carbocycles. The number of anilines is 1. The van der Waals surface area contributed by atoms with E-state index in [0.717, 1.165) is 11.1 Å². The van der Waals surface area contributed by atoms with Gasteiger partial charge in [-0.05, 0) is 60.7 Å². The van der Waals surface area contributed by atoms with Crippen molar-refractivity contribution in [3.8, 4) is 0 Å². The molecule has 6 nitrogen and oxygen atoms in total. The zero-order valence-electron chi connectivity index (χ0n) is 19.3. The number of ether oxygens (including phenoxy) is 1. The van der Waals surface area contributed by atoms with Crippen molar-refractivity contribution in [2.75, 3.05) is 25.0 Å². The van der Waals surface area contributed by atoms with Gasteiger partial charge in [-0.15, -0.1) is 0 Å². The van der Waals surface area contributed by atoms with Crippen LogP contribution in [-0.2, 0) is 20.7 Å². The van der Waals surface area contributed by atoms with Crippen molar-refractivity contribution in [3.05, 3.63) is 101 Å². The second-order valence-corrected chi connectivity index (χ2v) is 8.57. The quantitative estimate of drug-likeness (QED) is 0.514. The van der Waals surface area contributed by atoms with Crippen molar-refractivity contribution < 1.29 is 23.5 Å². The molecule has 1 saturated heterocycles. The molecule has 3 aromatic rings. The summed E-state index contributed by atoms with van der Waals surface area (Å²) in [4.78, 5) is 39.4. The molecular weight excluding hydrogens is 447 g/mol. The highest BCUT2D eigenvalue weighted by Crippen LogP contribution is 2.21. The van der Waals surface area contributed by atoms with Crippen LogP contribution in [0.25, 0.3) is 0 Å². The lowest BCUT2D eigenvalue weighted by Gasteiger charge is -2.31. The Morgan fingerprint density at radius 3 is 2.43 bits per heavy atom. The molecule has 180 valence electrons. The predicted molar refractivity (Wildman–Crippen MR) is 130 cm³/mol. The van der Waals surface area contributed by atoms with E-state index in [1.54, 1.807) is 4.90 Å². The SMILES string of the molecule is O=C(COC(=O)C1CCCN(C(=O)c2ccc(F)cc2)C1)Nc1ccccc1Cc1ccccc1. The monoisotopic (exact) mass is 474 g/mol. The van der Waals surface area contributed by atoms with Gasteiger partial charge in [0.15, 0.2) is 6.61 Å². The molecule has 1 fully saturated rings. The van der Waals surface area contributed by atoms with Crippen molar-refractivity contribution in [3.63, 3.8) is 0 Å². The number of carbonyl (C=O) groups is 3. The van der Waals surface area contributed by atoms with Gasteiger partial charge in [-0.3, -0.25) is 14.4 Å². The molecule has 35 heavy (non-hydrogen) atoms. The summed E-state index contributed by atoms with van der Waals surface area (Å²) in [5.74, 6) is -2.10. The third kappa shape index (κ3) is 6.53. The first-order valence-electron chi connectivity index (χ1n) is 11.6. The van der Waals surface area contributed by atoms with Gasteiger partial charge in [0, 0.05) is 24.3 Å². The van der Waals surface area contributed by atoms with Gasteiger partial charge in [0.1, 0.15) is 5.82 Å². The fourth-order valence-corrected chi connectivity index (χ4v) is 4.18. The van der Waals surface area contributed by atoms with Gasteiger partial charge < -0.3 is 15.0 Å². The van der Waals surface area contributed by atoms with Gasteiger partial charge >= 0.3 is 5.97 Å². The van der Waals surface area contributed by atoms with Crippen LogP contribution >= 0.6 is 0 Å². The number of carbonyl (C=O) groups excluding carboxylic acids is 3. The lowest BCUT2D eigenvalue weighted by Crippen LogP contribution is -2.43. The number of rotatable bonds is 7. The lowest BCUT2D eigenvalue weighted by atomic mass is 9.97. The molecule has 0 aliphatic carbocycles. The molecule has 1 aliphatic heterocycles. The summed E-state index contributed by atoms with van der Waals surface area (Å²) in [5, 5.41) is 2.83. The van der Waals surface area contributed by atoms with Gasteiger partial charge in [0.2, 0.25) is 0 Å². The highest BCUT2D eigenvalue weighted by atomic mass is 19.1. The Bertz CT molecular complexity index is 1180. The van der Waals surface area contributed by atoms with Crippen LogP contribution in [0.4, 0.5) is 10.1 Å². The summed E-state index contributed by atoms with van der Waals surface area (Å²) in [6.07, 6.45) is 1.89. The van der Waals surface area contributed by atoms with Crippen LogP contribution in [0.5, 0.6) is 0 Å². The van der Waals surface area contributed by atoms with Gasteiger partial charge in [0.05, 0.1) is 5.92 Å². The predicted octanol–water partition coefficient (Wildman–Crippen LogP) is 4.45. The molecule has 2 amide bonds. The first-order chi connectivity index (χ1) is 17.0. The number of likely N-dealkylation sites (tertiary alicyclic amines) is 1. The van der Waals surface area contributed by atoms with E-state index in [-0.39, 0.29) is 12.5 Å². The van der Waals surface area contributed by atoms with E-state index in [9.17, 15) is 18.8 Å². The molecule has 1 N–H and O–H groups in total. The molecule has 0 spiro atoms. The van der Waals surface area contributed by atoms with Crippen LogP contribution in [0.3, 0.4) is 0 Å². The van der Waals surface area contributed by atoms with Gasteiger partial charge in [-0.1, -0.05) is 48.5 Å². The average molecular weight is 475 g/mol. The minimum absolute atomic E-state index is 0.205. The standard InChI is InChI=1S/C28H27FN2O4/c29-24-14-12-21(13-15-24)27(33)31-16-6-10-23(18-31)28(34)35-19-26(32)30-25-11-5-4-9-22(25)17-20-7-2-1-3-8-20/h1-5,7-9,11-15,23H,6,10,16-19H2,(H,30,32). The molecule has 3 aromatic carbocycles. The van der Waals surface area contributed by atoms with Crippen molar-refractivity contribution in [2.24, 2.45) is 5.92 Å². The number of esters is 1. The summed E-state index contributed by atoms with van der Waals surface area (Å²) >= 11 is 0. The van der Waals surface area contributed by atoms with Crippen molar-refractivity contribution in [1.29, 1.82) is 0 Å². The second kappa shape index (κ2) is 11.4. The minimum atomic E-state index is -0.508. The van der Waals surface area contributed by atoms with E-state index < -0.39 is 30.2 Å². The second-order valence-electron chi connectivity index (χ2n) is 8.57. The number of hydrogen-bond acceptors (Lipinski definition) is 4. The molecule has 0 radical (unpaired) electrons. The van der Waals surface area contributed by atoms with Gasteiger partial charge in [0.25, 0.3) is 11.8 Å². The minimum Gasteiger partial charge on any atom is -0.455 e. The zero-order chi connectivity index (χ0) is 24.6. The van der Waals surface area contributed by atoms with E-state index in [0.29, 0.717) is 37.1 Å². The van der Waals surface area contributed by atoms with Crippen LogP contribution in [0, 0.1) is 11.7 Å². The average Bonchev–Trinajstić information content (AvgIpc) is 2.89. The van der Waals surface area contributed by atoms with E-state index >= 15 is 0 Å². The Balaban J connectivity index is 1.30. The summed E-state index contributed by atoms with van der Waals surface area (Å²) in [6.45, 7) is 0.316. The molecule has 7 heteroatoms. The molecule has 0 bridgehead atoms. The molecule has 1 heterocycles. The number of amides is 2. The van der Waals surface area contributed by atoms with Crippen molar-refractivity contribution in [2.45, 2.75) is 19.3 Å². The van der Waals surface area contributed by atoms with Crippen LogP contribution < -0.4 is 5.32 Å². The van der Waals surface area contributed by atoms with Crippen LogP contribution in [0.2, 0.25) is 0 Å². The van der Waals surface area contributed by atoms with Gasteiger partial charge in [-0.25, -0.2) is 4.39 Å². The number of para-hydroxylation sites is 1. The number of halogens is 1. The number of nitrogens with zero attached hydrogens (tertiary/aromatic N) is 1. The zero-order valence-corrected chi connectivity index (χ0v) is 19.3. The fraction of sp³-hybridized carbons (Fsp3) is 0.250. The molecule has 1 unspecified atom stereocenters. The summed E-state index contributed by atoms with van der Waals surface area (Å²) in [5.41, 5.74) is 3.12. The molecule has 4 rings (SSSR count). The Morgan fingerprint density at radius 2 is 1.66 bits per heavy atom. The molecular formula is C28H27FN2O4. The Kier molecular flexibility index (Phi) is 7.88. The molecule has 1 aliphatic rings. The summed E-state index contributed by atoms with van der Waals surface area (Å²) in [6, 6.07) is 22.8. The Labute approximate surface area is 203 Å². The Morgan fingerprint density at radius 1 is 0.943 bits per heavy atom. The van der Waals surface area contributed by atoms with E-state index in [1.165, 1.54) is 24.3 Å². The normalized spacial score (nSPS) is 15.3. The number of nitrogens with one attached hydrogen (secondary N) is 1. The van der Waals surface area contributed by atoms with Gasteiger partial charge in [-0.2, -0.15) is 0 Å².